The van der Waals surface area contributed by atoms with Gasteiger partial charge in [-0.15, -0.1) is 0 Å². The molecule has 4 aromatic rings. The molecule has 5 rings (SSSR count). The van der Waals surface area contributed by atoms with Crippen molar-refractivity contribution in [2.45, 2.75) is 63.6 Å². The zero-order valence-electron chi connectivity index (χ0n) is 37.3. The van der Waals surface area contributed by atoms with Crippen LogP contribution in [0.4, 0.5) is 17.6 Å². The number of carbonyl (C=O) groups excluding carboxylic acids is 1. The highest BCUT2D eigenvalue weighted by atomic mass is 32.2. The Labute approximate surface area is 298 Å². The minimum atomic E-state index is -4.55. The fraction of sp³-hybridized carbons (Fsp3) is 0.378. The van der Waals surface area contributed by atoms with Crippen molar-refractivity contribution in [3.8, 4) is 11.1 Å². The lowest BCUT2D eigenvalue weighted by atomic mass is 10.0. The summed E-state index contributed by atoms with van der Waals surface area (Å²) in [6.07, 6.45) is -10.7. The van der Waals surface area contributed by atoms with E-state index in [9.17, 15) is 29.9 Å². The van der Waals surface area contributed by atoms with Gasteiger partial charge in [-0.3, -0.25) is 9.59 Å². The average molecular weight is 692 g/mol. The number of benzene rings is 3. The molecular weight excluding hydrogens is 640 g/mol. The summed E-state index contributed by atoms with van der Waals surface area (Å²) in [5.41, 5.74) is -2.31. The van der Waals surface area contributed by atoms with Crippen LogP contribution in [0.2, 0.25) is 0 Å². The average Bonchev–Trinajstić information content (AvgIpc) is 3.22. The Morgan fingerprint density at radius 3 is 2.19 bits per heavy atom. The third kappa shape index (κ3) is 8.73. The first-order valence-electron chi connectivity index (χ1n) is 20.3. The largest absolute Gasteiger partial charge is 0.416 e. The van der Waals surface area contributed by atoms with E-state index in [1.54, 1.807) is 12.1 Å². The number of halogens is 4. The number of hydrogen-bond donors (Lipinski definition) is 0. The SMILES string of the molecule is [2H]C([2H])(C)N(CCN(Cc1ccc(-c2ccc(C(F)(F)F)cc2)cc1)C(=O)C([2H])([2H])n1c(SCc2ccc(F)cc2)nc(=O)c2c1C([2H])([2H])C([2H])(C)C2([2H])[2H])C([2H])([2H])C. The molecule has 0 N–H and O–H groups in total. The van der Waals surface area contributed by atoms with Gasteiger partial charge in [0.15, 0.2) is 5.16 Å². The van der Waals surface area contributed by atoms with Crippen molar-refractivity contribution in [2.75, 3.05) is 26.1 Å². The van der Waals surface area contributed by atoms with E-state index in [1.165, 1.54) is 36.4 Å². The standard InChI is InChI=1S/C37H40F4N4O2S/c1-4-43(5-2)18-19-44(22-26-6-10-28(11-7-26)29-12-14-30(15-13-29)37(39,40)41)34(46)23-45-33-21-25(3)20-32(33)35(47)42-36(45)48-24-27-8-16-31(38)17-9-27/h6-17,25H,4-5,18-24H2,1-3H3/i4D2,5D2,20D2,21D2,23D2,25D. The topological polar surface area (TPSA) is 58.4 Å². The normalized spacial score (nSPS) is 22.3. The molecular formula is C37H40F4N4O2S. The van der Waals surface area contributed by atoms with Gasteiger partial charge >= 0.3 is 6.18 Å². The van der Waals surface area contributed by atoms with E-state index >= 15 is 0 Å². The molecule has 6 nitrogen and oxygen atoms in total. The summed E-state index contributed by atoms with van der Waals surface area (Å²) in [5.74, 6) is -4.81. The maximum Gasteiger partial charge on any atom is 0.416 e. The minimum Gasteiger partial charge on any atom is -0.336 e. The van der Waals surface area contributed by atoms with E-state index < -0.39 is 103 Å². The molecule has 48 heavy (non-hydrogen) atoms. The Morgan fingerprint density at radius 1 is 0.979 bits per heavy atom. The van der Waals surface area contributed by atoms with Gasteiger partial charge in [0, 0.05) is 49.0 Å². The number of hydrogen-bond acceptors (Lipinski definition) is 5. The van der Waals surface area contributed by atoms with Crippen LogP contribution in [0.1, 0.15) is 63.8 Å². The molecule has 11 heteroatoms. The van der Waals surface area contributed by atoms with Crippen molar-refractivity contribution in [2.24, 2.45) is 5.89 Å². The number of fused-ring (bicyclic) bond motifs is 1. The van der Waals surface area contributed by atoms with Crippen molar-refractivity contribution < 1.29 is 37.4 Å². The molecule has 1 heterocycles. The maximum atomic E-state index is 14.8. The number of rotatable bonds is 13. The van der Waals surface area contributed by atoms with E-state index in [4.69, 9.17) is 12.3 Å². The van der Waals surface area contributed by atoms with Crippen molar-refractivity contribution in [1.29, 1.82) is 0 Å². The van der Waals surface area contributed by atoms with Crippen molar-refractivity contribution in [3.63, 3.8) is 0 Å². The maximum absolute atomic E-state index is 14.8. The number of carbonyl (C=O) groups is 1. The zero-order chi connectivity index (χ0) is 44.3. The van der Waals surface area contributed by atoms with E-state index in [2.05, 4.69) is 4.98 Å². The third-order valence-electron chi connectivity index (χ3n) is 7.46. The molecule has 0 aliphatic heterocycles. The molecule has 1 amide bonds. The molecule has 254 valence electrons. The summed E-state index contributed by atoms with van der Waals surface area (Å²) >= 11 is 0.672. The predicted molar refractivity (Wildman–Crippen MR) is 181 cm³/mol. The summed E-state index contributed by atoms with van der Waals surface area (Å²) in [7, 11) is 0. The van der Waals surface area contributed by atoms with Crippen LogP contribution in [-0.4, -0.2) is 51.3 Å². The monoisotopic (exact) mass is 691 g/mol. The zero-order valence-corrected chi connectivity index (χ0v) is 27.1. The van der Waals surface area contributed by atoms with Gasteiger partial charge in [0.05, 0.1) is 8.30 Å². The number of likely N-dealkylation sites (N-methyl/N-ethyl adjacent to an activating group) is 1. The molecule has 0 saturated carbocycles. The summed E-state index contributed by atoms with van der Waals surface area (Å²) in [5, 5.41) is -0.564. The second-order valence-corrected chi connectivity index (χ2v) is 11.7. The van der Waals surface area contributed by atoms with E-state index in [1.807, 2.05) is 0 Å². The number of alkyl halides is 3. The molecule has 0 radical (unpaired) electrons. The quantitative estimate of drug-likeness (QED) is 0.0828. The second-order valence-electron chi connectivity index (χ2n) is 10.8. The van der Waals surface area contributed by atoms with Gasteiger partial charge in [-0.2, -0.15) is 18.2 Å². The first-order valence-corrected chi connectivity index (χ1v) is 15.8. The van der Waals surface area contributed by atoms with Gasteiger partial charge in [-0.25, -0.2) is 4.39 Å². The summed E-state index contributed by atoms with van der Waals surface area (Å²) in [4.78, 5) is 33.9. The van der Waals surface area contributed by atoms with Crippen LogP contribution in [0.5, 0.6) is 0 Å². The number of nitrogens with zero attached hydrogens (tertiary/aromatic N) is 4. The first kappa shape index (κ1) is 23.4. The molecule has 1 atom stereocenters. The van der Waals surface area contributed by atoms with Crippen LogP contribution in [0, 0.1) is 11.7 Å². The molecule has 0 bridgehead atoms. The van der Waals surface area contributed by atoms with Gasteiger partial charge in [0.1, 0.15) is 12.3 Å². The lowest BCUT2D eigenvalue weighted by molar-refractivity contribution is -0.137. The van der Waals surface area contributed by atoms with Gasteiger partial charge in [0.2, 0.25) is 5.91 Å². The lowest BCUT2D eigenvalue weighted by Gasteiger charge is -2.28. The number of thioether (sulfide) groups is 1. The number of aromatic nitrogens is 2. The van der Waals surface area contributed by atoms with Crippen molar-refractivity contribution in [1.82, 2.24) is 19.4 Å². The Balaban J connectivity index is 1.63. The van der Waals surface area contributed by atoms with Crippen LogP contribution in [0.3, 0.4) is 0 Å². The third-order valence-corrected chi connectivity index (χ3v) is 8.47. The van der Waals surface area contributed by atoms with E-state index in [-0.39, 0.29) is 5.75 Å². The molecule has 3 aromatic carbocycles. The van der Waals surface area contributed by atoms with Crippen molar-refractivity contribution >= 4 is 17.7 Å². The summed E-state index contributed by atoms with van der Waals surface area (Å²) in [6, 6.07) is 15.6. The van der Waals surface area contributed by atoms with E-state index in [0.717, 1.165) is 54.8 Å². The predicted octanol–water partition coefficient (Wildman–Crippen LogP) is 7.47. The second kappa shape index (κ2) is 15.5. The highest BCUT2D eigenvalue weighted by Crippen LogP contribution is 2.32. The Morgan fingerprint density at radius 2 is 1.58 bits per heavy atom. The fourth-order valence-corrected chi connectivity index (χ4v) is 5.81. The van der Waals surface area contributed by atoms with Crippen LogP contribution in [0.25, 0.3) is 11.1 Å². The first-order chi connectivity index (χ1) is 26.9. The lowest BCUT2D eigenvalue weighted by Crippen LogP contribution is -2.40. The fourth-order valence-electron chi connectivity index (χ4n) is 4.91. The summed E-state index contributed by atoms with van der Waals surface area (Å²) in [6.45, 7) is -6.37. The minimum absolute atomic E-state index is 0.106. The van der Waals surface area contributed by atoms with Crippen LogP contribution in [-0.2, 0) is 42.5 Å². The van der Waals surface area contributed by atoms with Gasteiger partial charge in [-0.1, -0.05) is 81.1 Å². The van der Waals surface area contributed by atoms with Gasteiger partial charge in [0.25, 0.3) is 5.56 Å². The molecule has 0 spiro atoms. The van der Waals surface area contributed by atoms with E-state index in [0.29, 0.717) is 38.6 Å². The number of amides is 1. The van der Waals surface area contributed by atoms with Crippen LogP contribution in [0.15, 0.2) is 82.7 Å². The highest BCUT2D eigenvalue weighted by Gasteiger charge is 2.30. The molecule has 0 fully saturated rings. The Kier molecular flexibility index (Phi) is 7.56. The molecule has 0 saturated heterocycles. The van der Waals surface area contributed by atoms with Crippen molar-refractivity contribution in [3.05, 3.63) is 117 Å². The smallest absolute Gasteiger partial charge is 0.336 e. The summed E-state index contributed by atoms with van der Waals surface area (Å²) < 4.78 is 149. The Bertz CT molecular complexity index is 2230. The van der Waals surface area contributed by atoms with Gasteiger partial charge < -0.3 is 14.4 Å². The van der Waals surface area contributed by atoms with Gasteiger partial charge in [-0.05, 0) is 78.2 Å². The van der Waals surface area contributed by atoms with Crippen LogP contribution >= 0.6 is 11.8 Å². The molecule has 1 aliphatic carbocycles. The Hall–Kier alpha value is -3.96. The molecule has 1 unspecified atom stereocenters. The molecule has 1 aliphatic rings. The highest BCUT2D eigenvalue weighted by molar-refractivity contribution is 7.98. The molecule has 1 aromatic heterocycles. The van der Waals surface area contributed by atoms with Crippen LogP contribution < -0.4 is 5.56 Å².